The van der Waals surface area contributed by atoms with Gasteiger partial charge in [0, 0.05) is 51.5 Å². The molecule has 21 heavy (non-hydrogen) atoms. The third-order valence-corrected chi connectivity index (χ3v) is 3.87. The highest BCUT2D eigenvalue weighted by atomic mass is 35.5. The second-order valence-electron chi connectivity index (χ2n) is 5.13. The smallest absolute Gasteiger partial charge is 0.0589 e. The van der Waals surface area contributed by atoms with Crippen molar-refractivity contribution in [1.29, 1.82) is 0 Å². The van der Waals surface area contributed by atoms with Gasteiger partial charge in [0.05, 0.1) is 6.61 Å². The normalized spacial score (nSPS) is 12.9. The van der Waals surface area contributed by atoms with Crippen molar-refractivity contribution in [2.45, 2.75) is 19.4 Å². The summed E-state index contributed by atoms with van der Waals surface area (Å²) in [7, 11) is 3.45. The molecule has 0 aliphatic carbocycles. The zero-order valence-corrected chi connectivity index (χ0v) is 14.0. The van der Waals surface area contributed by atoms with Gasteiger partial charge in [0.25, 0.3) is 0 Å². The molecule has 1 rings (SSSR count). The first-order valence-corrected chi connectivity index (χ1v) is 7.69. The van der Waals surface area contributed by atoms with Crippen LogP contribution >= 0.6 is 11.6 Å². The van der Waals surface area contributed by atoms with Crippen LogP contribution in [0.3, 0.4) is 0 Å². The Morgan fingerprint density at radius 3 is 2.48 bits per heavy atom. The number of rotatable bonds is 10. The number of ether oxygens (including phenoxy) is 2. The summed E-state index contributed by atoms with van der Waals surface area (Å²) < 4.78 is 10.4. The summed E-state index contributed by atoms with van der Waals surface area (Å²) in [6.07, 6.45) is 0.976. The number of aryl methyl sites for hydroxylation is 1. The minimum absolute atomic E-state index is 0.175. The summed E-state index contributed by atoms with van der Waals surface area (Å²) in [6, 6.07) is 6.17. The molecule has 0 bridgehead atoms. The summed E-state index contributed by atoms with van der Waals surface area (Å²) in [4.78, 5) is 2.36. The third-order valence-electron chi connectivity index (χ3n) is 3.63. The van der Waals surface area contributed by atoms with Gasteiger partial charge in [0.15, 0.2) is 0 Å². The molecule has 0 amide bonds. The minimum atomic E-state index is 0.175. The van der Waals surface area contributed by atoms with E-state index < -0.39 is 0 Å². The first-order valence-electron chi connectivity index (χ1n) is 7.32. The number of nitrogens with zero attached hydrogens (tertiary/aromatic N) is 1. The van der Waals surface area contributed by atoms with E-state index in [2.05, 4.69) is 17.9 Å². The quantitative estimate of drug-likeness (QED) is 0.674. The molecule has 1 unspecified atom stereocenters. The van der Waals surface area contributed by atoms with E-state index in [1.165, 1.54) is 11.1 Å². The lowest BCUT2D eigenvalue weighted by Crippen LogP contribution is -2.37. The van der Waals surface area contributed by atoms with Crippen LogP contribution in [-0.4, -0.2) is 52.0 Å². The second-order valence-corrected chi connectivity index (χ2v) is 5.56. The summed E-state index contributed by atoms with van der Waals surface area (Å²) in [5.41, 5.74) is 8.45. The number of methoxy groups -OCH3 is 2. The van der Waals surface area contributed by atoms with Crippen LogP contribution < -0.4 is 5.73 Å². The van der Waals surface area contributed by atoms with Crippen LogP contribution in [-0.2, 0) is 9.47 Å². The van der Waals surface area contributed by atoms with Crippen molar-refractivity contribution in [2.24, 2.45) is 5.73 Å². The largest absolute Gasteiger partial charge is 0.385 e. The SMILES string of the molecule is COCCCN(CCOC)C(CN)c1ccc(Cl)cc1C. The number of nitrogens with two attached hydrogens (primary N) is 1. The summed E-state index contributed by atoms with van der Waals surface area (Å²) in [6.45, 7) is 5.87. The van der Waals surface area contributed by atoms with Crippen molar-refractivity contribution in [3.05, 3.63) is 34.3 Å². The van der Waals surface area contributed by atoms with E-state index in [-0.39, 0.29) is 6.04 Å². The van der Waals surface area contributed by atoms with Crippen molar-refractivity contribution >= 4 is 11.6 Å². The molecule has 5 heteroatoms. The monoisotopic (exact) mass is 314 g/mol. The highest BCUT2D eigenvalue weighted by molar-refractivity contribution is 6.30. The molecule has 0 radical (unpaired) electrons. The van der Waals surface area contributed by atoms with Crippen molar-refractivity contribution in [2.75, 3.05) is 47.1 Å². The molecule has 0 aliphatic rings. The Balaban J connectivity index is 2.87. The molecule has 1 aromatic rings. The van der Waals surface area contributed by atoms with Gasteiger partial charge in [-0.25, -0.2) is 0 Å². The summed E-state index contributed by atoms with van der Waals surface area (Å²) in [5, 5.41) is 0.759. The van der Waals surface area contributed by atoms with E-state index in [1.54, 1.807) is 14.2 Å². The predicted octanol–water partition coefficient (Wildman–Crippen LogP) is 2.63. The Kier molecular flexibility index (Phi) is 8.88. The molecule has 1 aromatic carbocycles. The molecule has 4 nitrogen and oxygen atoms in total. The molecule has 0 heterocycles. The fraction of sp³-hybridized carbons (Fsp3) is 0.625. The van der Waals surface area contributed by atoms with Gasteiger partial charge in [-0.2, -0.15) is 0 Å². The van der Waals surface area contributed by atoms with Gasteiger partial charge in [-0.1, -0.05) is 17.7 Å². The molecule has 2 N–H and O–H groups in total. The molecule has 0 saturated heterocycles. The molecule has 1 atom stereocenters. The number of hydrogen-bond donors (Lipinski definition) is 1. The van der Waals surface area contributed by atoms with Gasteiger partial charge < -0.3 is 15.2 Å². The van der Waals surface area contributed by atoms with Crippen LogP contribution in [0.1, 0.15) is 23.6 Å². The molecule has 0 fully saturated rings. The maximum atomic E-state index is 6.05. The maximum Gasteiger partial charge on any atom is 0.0589 e. The van der Waals surface area contributed by atoms with Gasteiger partial charge in [0.2, 0.25) is 0 Å². The Labute approximate surface area is 133 Å². The van der Waals surface area contributed by atoms with Crippen LogP contribution in [0.2, 0.25) is 5.02 Å². The van der Waals surface area contributed by atoms with E-state index >= 15 is 0 Å². The van der Waals surface area contributed by atoms with Crippen molar-refractivity contribution in [3.63, 3.8) is 0 Å². The fourth-order valence-corrected chi connectivity index (χ4v) is 2.76. The van der Waals surface area contributed by atoms with Gasteiger partial charge in [-0.15, -0.1) is 0 Å². The van der Waals surface area contributed by atoms with Crippen LogP contribution in [0.5, 0.6) is 0 Å². The number of hydrogen-bond acceptors (Lipinski definition) is 4. The topological polar surface area (TPSA) is 47.7 Å². The lowest BCUT2D eigenvalue weighted by molar-refractivity contribution is 0.108. The van der Waals surface area contributed by atoms with Crippen molar-refractivity contribution < 1.29 is 9.47 Å². The Morgan fingerprint density at radius 1 is 1.19 bits per heavy atom. The molecule has 0 aromatic heterocycles. The highest BCUT2D eigenvalue weighted by Crippen LogP contribution is 2.25. The molecular weight excluding hydrogens is 288 g/mol. The van der Waals surface area contributed by atoms with Crippen LogP contribution in [0.25, 0.3) is 0 Å². The maximum absolute atomic E-state index is 6.05. The highest BCUT2D eigenvalue weighted by Gasteiger charge is 2.20. The van der Waals surface area contributed by atoms with Gasteiger partial charge in [0.1, 0.15) is 0 Å². The first kappa shape index (κ1) is 18.4. The lowest BCUT2D eigenvalue weighted by atomic mass is 9.99. The van der Waals surface area contributed by atoms with E-state index in [9.17, 15) is 0 Å². The Hall–Kier alpha value is -0.650. The standard InChI is InChI=1S/C16H27ClN2O2/c1-13-11-14(17)5-6-15(13)16(12-18)19(8-10-21-3)7-4-9-20-2/h5-6,11,16H,4,7-10,12,18H2,1-3H3. The third kappa shape index (κ3) is 5.93. The Morgan fingerprint density at radius 2 is 1.90 bits per heavy atom. The predicted molar refractivity (Wildman–Crippen MR) is 87.9 cm³/mol. The van der Waals surface area contributed by atoms with Gasteiger partial charge in [-0.05, 0) is 36.6 Å². The zero-order chi connectivity index (χ0) is 15.7. The average Bonchev–Trinajstić information content (AvgIpc) is 2.46. The number of halogens is 1. The van der Waals surface area contributed by atoms with Crippen LogP contribution in [0, 0.1) is 6.92 Å². The summed E-state index contributed by atoms with van der Waals surface area (Å²) >= 11 is 6.05. The second kappa shape index (κ2) is 10.1. The van der Waals surface area contributed by atoms with Crippen molar-refractivity contribution in [3.8, 4) is 0 Å². The molecule has 0 aliphatic heterocycles. The minimum Gasteiger partial charge on any atom is -0.385 e. The fourth-order valence-electron chi connectivity index (χ4n) is 2.53. The van der Waals surface area contributed by atoms with Crippen LogP contribution in [0.15, 0.2) is 18.2 Å². The van der Waals surface area contributed by atoms with Gasteiger partial charge >= 0.3 is 0 Å². The first-order chi connectivity index (χ1) is 10.1. The molecule has 120 valence electrons. The Bertz CT molecular complexity index is 415. The van der Waals surface area contributed by atoms with Crippen molar-refractivity contribution in [1.82, 2.24) is 4.90 Å². The zero-order valence-electron chi connectivity index (χ0n) is 13.3. The molecule has 0 saturated carbocycles. The lowest BCUT2D eigenvalue weighted by Gasteiger charge is -2.32. The number of benzene rings is 1. The summed E-state index contributed by atoms with van der Waals surface area (Å²) in [5.74, 6) is 0. The van der Waals surface area contributed by atoms with E-state index in [4.69, 9.17) is 26.8 Å². The van der Waals surface area contributed by atoms with Gasteiger partial charge in [-0.3, -0.25) is 4.90 Å². The van der Waals surface area contributed by atoms with E-state index in [1.807, 2.05) is 12.1 Å². The van der Waals surface area contributed by atoms with E-state index in [0.29, 0.717) is 13.2 Å². The molecular formula is C16H27ClN2O2. The van der Waals surface area contributed by atoms with Crippen LogP contribution in [0.4, 0.5) is 0 Å². The average molecular weight is 315 g/mol. The van der Waals surface area contributed by atoms with E-state index in [0.717, 1.165) is 31.1 Å². The molecule has 0 spiro atoms.